The Kier molecular flexibility index (Phi) is 5.39. The molecule has 0 spiro atoms. The van der Waals surface area contributed by atoms with E-state index in [2.05, 4.69) is 0 Å². The van der Waals surface area contributed by atoms with Gasteiger partial charge in [-0.05, 0) is 26.7 Å². The van der Waals surface area contributed by atoms with Crippen molar-refractivity contribution >= 4 is 17.7 Å². The Balaban J connectivity index is 1.88. The van der Waals surface area contributed by atoms with Crippen molar-refractivity contribution in [2.24, 2.45) is 5.92 Å². The molecular formula is C15H22F3N3O3. The Hall–Kier alpha value is -1.80. The lowest BCUT2D eigenvalue weighted by molar-refractivity contribution is -0.187. The molecular weight excluding hydrogens is 327 g/mol. The highest BCUT2D eigenvalue weighted by Gasteiger charge is 2.44. The van der Waals surface area contributed by atoms with Crippen molar-refractivity contribution in [1.29, 1.82) is 0 Å². The monoisotopic (exact) mass is 349 g/mol. The molecule has 2 aliphatic heterocycles. The van der Waals surface area contributed by atoms with Crippen molar-refractivity contribution in [2.45, 2.75) is 38.9 Å². The average molecular weight is 349 g/mol. The van der Waals surface area contributed by atoms with Crippen LogP contribution in [0.3, 0.4) is 0 Å². The number of nitrogens with zero attached hydrogens (tertiary/aromatic N) is 3. The van der Waals surface area contributed by atoms with Crippen LogP contribution in [0.2, 0.25) is 0 Å². The number of likely N-dealkylation sites (tertiary alicyclic amines) is 1. The molecule has 2 fully saturated rings. The van der Waals surface area contributed by atoms with Crippen LogP contribution >= 0.6 is 0 Å². The summed E-state index contributed by atoms with van der Waals surface area (Å²) in [6.45, 7) is 4.55. The van der Waals surface area contributed by atoms with Gasteiger partial charge in [0, 0.05) is 38.1 Å². The van der Waals surface area contributed by atoms with Crippen molar-refractivity contribution in [3.8, 4) is 0 Å². The van der Waals surface area contributed by atoms with Gasteiger partial charge in [0.05, 0.1) is 6.54 Å². The number of carbonyl (C=O) groups is 3. The van der Waals surface area contributed by atoms with Crippen LogP contribution in [0.25, 0.3) is 0 Å². The summed E-state index contributed by atoms with van der Waals surface area (Å²) in [6, 6.07) is 0.0753. The van der Waals surface area contributed by atoms with Crippen molar-refractivity contribution in [2.75, 3.05) is 32.7 Å². The van der Waals surface area contributed by atoms with E-state index in [1.54, 1.807) is 4.90 Å². The smallest absolute Gasteiger partial charge is 0.337 e. The second-order valence-corrected chi connectivity index (χ2v) is 6.50. The number of hydrogen-bond acceptors (Lipinski definition) is 3. The van der Waals surface area contributed by atoms with Gasteiger partial charge in [-0.15, -0.1) is 0 Å². The molecule has 0 saturated carbocycles. The van der Waals surface area contributed by atoms with Gasteiger partial charge in [0.2, 0.25) is 11.8 Å². The fourth-order valence-corrected chi connectivity index (χ4v) is 3.19. The molecule has 24 heavy (non-hydrogen) atoms. The number of alkyl halides is 3. The highest BCUT2D eigenvalue weighted by molar-refractivity contribution is 5.87. The van der Waals surface area contributed by atoms with Crippen LogP contribution in [-0.4, -0.2) is 77.4 Å². The second kappa shape index (κ2) is 6.98. The van der Waals surface area contributed by atoms with E-state index in [1.807, 2.05) is 13.8 Å². The van der Waals surface area contributed by atoms with Gasteiger partial charge in [0.15, 0.2) is 0 Å². The number of amides is 3. The summed E-state index contributed by atoms with van der Waals surface area (Å²) in [5, 5.41) is 0. The van der Waals surface area contributed by atoms with Gasteiger partial charge < -0.3 is 14.7 Å². The van der Waals surface area contributed by atoms with E-state index in [9.17, 15) is 27.6 Å². The van der Waals surface area contributed by atoms with Gasteiger partial charge in [-0.3, -0.25) is 14.4 Å². The fraction of sp³-hybridized carbons (Fsp3) is 0.800. The molecule has 2 aliphatic rings. The van der Waals surface area contributed by atoms with Gasteiger partial charge in [-0.1, -0.05) is 0 Å². The molecule has 0 unspecified atom stereocenters. The third-order valence-electron chi connectivity index (χ3n) is 4.57. The van der Waals surface area contributed by atoms with Gasteiger partial charge in [0.25, 0.3) is 0 Å². The van der Waals surface area contributed by atoms with E-state index in [1.165, 1.54) is 4.90 Å². The molecule has 136 valence electrons. The van der Waals surface area contributed by atoms with E-state index in [0.29, 0.717) is 13.1 Å². The fourth-order valence-electron chi connectivity index (χ4n) is 3.19. The zero-order chi connectivity index (χ0) is 18.1. The normalized spacial score (nSPS) is 20.8. The Bertz CT molecular complexity index is 514. The van der Waals surface area contributed by atoms with E-state index >= 15 is 0 Å². The Morgan fingerprint density at radius 1 is 1.04 bits per heavy atom. The molecule has 0 bridgehead atoms. The summed E-state index contributed by atoms with van der Waals surface area (Å²) in [6.07, 6.45) is -4.49. The third-order valence-corrected chi connectivity index (χ3v) is 4.57. The SMILES string of the molecule is CC(C)N1CCN(C(=O)C2CCN(C(=O)C(F)(F)F)CC2)CC1=O. The Labute approximate surface area is 138 Å². The van der Waals surface area contributed by atoms with Crippen LogP contribution in [0.1, 0.15) is 26.7 Å². The van der Waals surface area contributed by atoms with Crippen molar-refractivity contribution in [3.05, 3.63) is 0 Å². The molecule has 2 saturated heterocycles. The van der Waals surface area contributed by atoms with Gasteiger partial charge in [-0.25, -0.2) is 0 Å². The number of halogens is 3. The minimum atomic E-state index is -4.88. The predicted octanol–water partition coefficient (Wildman–Crippen LogP) is 0.866. The maximum atomic E-state index is 12.5. The van der Waals surface area contributed by atoms with Crippen molar-refractivity contribution in [3.63, 3.8) is 0 Å². The van der Waals surface area contributed by atoms with Crippen LogP contribution in [0, 0.1) is 5.92 Å². The summed E-state index contributed by atoms with van der Waals surface area (Å²) in [4.78, 5) is 39.6. The van der Waals surface area contributed by atoms with Crippen LogP contribution in [-0.2, 0) is 14.4 Å². The second-order valence-electron chi connectivity index (χ2n) is 6.50. The molecule has 0 radical (unpaired) electrons. The number of carbonyl (C=O) groups excluding carboxylic acids is 3. The number of piperazine rings is 1. The first-order chi connectivity index (χ1) is 11.1. The summed E-state index contributed by atoms with van der Waals surface area (Å²) in [5.41, 5.74) is 0. The largest absolute Gasteiger partial charge is 0.471 e. The zero-order valence-electron chi connectivity index (χ0n) is 13.8. The maximum absolute atomic E-state index is 12.5. The topological polar surface area (TPSA) is 60.9 Å². The van der Waals surface area contributed by atoms with Gasteiger partial charge in [0.1, 0.15) is 0 Å². The van der Waals surface area contributed by atoms with Crippen LogP contribution in [0.15, 0.2) is 0 Å². The van der Waals surface area contributed by atoms with Gasteiger partial charge >= 0.3 is 12.1 Å². The number of hydrogen-bond donors (Lipinski definition) is 0. The molecule has 9 heteroatoms. The molecule has 2 heterocycles. The molecule has 0 aliphatic carbocycles. The lowest BCUT2D eigenvalue weighted by Gasteiger charge is -2.39. The van der Waals surface area contributed by atoms with E-state index < -0.39 is 18.0 Å². The lowest BCUT2D eigenvalue weighted by atomic mass is 9.94. The number of piperidine rings is 1. The third kappa shape index (κ3) is 3.99. The van der Waals surface area contributed by atoms with Crippen LogP contribution in [0.4, 0.5) is 13.2 Å². The first kappa shape index (κ1) is 18.5. The van der Waals surface area contributed by atoms with E-state index in [4.69, 9.17) is 0 Å². The first-order valence-electron chi connectivity index (χ1n) is 8.05. The Morgan fingerprint density at radius 3 is 2.08 bits per heavy atom. The molecule has 6 nitrogen and oxygen atoms in total. The summed E-state index contributed by atoms with van der Waals surface area (Å²) < 4.78 is 37.2. The van der Waals surface area contributed by atoms with Gasteiger partial charge in [-0.2, -0.15) is 13.2 Å². The highest BCUT2D eigenvalue weighted by atomic mass is 19.4. The average Bonchev–Trinajstić information content (AvgIpc) is 2.52. The summed E-state index contributed by atoms with van der Waals surface area (Å²) in [5.74, 6) is -2.60. The van der Waals surface area contributed by atoms with Crippen molar-refractivity contribution < 1.29 is 27.6 Å². The number of rotatable bonds is 2. The maximum Gasteiger partial charge on any atom is 0.471 e. The molecule has 0 N–H and O–H groups in total. The minimum absolute atomic E-state index is 0.0126. The Morgan fingerprint density at radius 2 is 1.62 bits per heavy atom. The molecule has 0 aromatic rings. The van der Waals surface area contributed by atoms with E-state index in [-0.39, 0.29) is 50.3 Å². The molecule has 0 aromatic carbocycles. The molecule has 2 rings (SSSR count). The standard InChI is InChI=1S/C15H22F3N3O3/c1-10(2)21-8-7-20(9-12(21)22)13(23)11-3-5-19(6-4-11)14(24)15(16,17)18/h10-11H,3-9H2,1-2H3. The van der Waals surface area contributed by atoms with Crippen LogP contribution in [0.5, 0.6) is 0 Å². The lowest BCUT2D eigenvalue weighted by Crippen LogP contribution is -2.56. The predicted molar refractivity (Wildman–Crippen MR) is 78.8 cm³/mol. The summed E-state index contributed by atoms with van der Waals surface area (Å²) >= 11 is 0. The van der Waals surface area contributed by atoms with Crippen molar-refractivity contribution in [1.82, 2.24) is 14.7 Å². The van der Waals surface area contributed by atoms with E-state index in [0.717, 1.165) is 4.90 Å². The molecule has 3 amide bonds. The quantitative estimate of drug-likeness (QED) is 0.743. The highest BCUT2D eigenvalue weighted by Crippen LogP contribution is 2.25. The minimum Gasteiger partial charge on any atom is -0.337 e. The van der Waals surface area contributed by atoms with Crippen LogP contribution < -0.4 is 0 Å². The summed E-state index contributed by atoms with van der Waals surface area (Å²) in [7, 11) is 0. The first-order valence-corrected chi connectivity index (χ1v) is 8.05. The molecule has 0 atom stereocenters. The molecule has 0 aromatic heterocycles. The zero-order valence-corrected chi connectivity index (χ0v) is 13.8.